The van der Waals surface area contributed by atoms with Crippen LogP contribution in [-0.2, 0) is 16.1 Å². The third-order valence-electron chi connectivity index (χ3n) is 3.95. The van der Waals surface area contributed by atoms with Gasteiger partial charge in [-0.1, -0.05) is 12.1 Å². The number of fused-ring (bicyclic) bond motifs is 1. The van der Waals surface area contributed by atoms with Crippen LogP contribution >= 0.6 is 11.6 Å². The number of ether oxygens (including phenoxy) is 1. The van der Waals surface area contributed by atoms with E-state index < -0.39 is 23.8 Å². The highest BCUT2D eigenvalue weighted by Gasteiger charge is 2.35. The number of halogens is 1. The molecule has 26 heavy (non-hydrogen) atoms. The van der Waals surface area contributed by atoms with Crippen LogP contribution in [-0.4, -0.2) is 45.8 Å². The van der Waals surface area contributed by atoms with Gasteiger partial charge in [0, 0.05) is 11.8 Å². The zero-order valence-corrected chi connectivity index (χ0v) is 14.8. The predicted octanol–water partition coefficient (Wildman–Crippen LogP) is 1.90. The van der Waals surface area contributed by atoms with Crippen LogP contribution < -0.4 is 5.32 Å². The summed E-state index contributed by atoms with van der Waals surface area (Å²) in [4.78, 5) is 45.7. The van der Waals surface area contributed by atoms with E-state index >= 15 is 0 Å². The molecule has 1 aliphatic rings. The third kappa shape index (κ3) is 3.23. The Labute approximate surface area is 154 Å². The molecule has 134 valence electrons. The second-order valence-electron chi connectivity index (χ2n) is 5.64. The number of esters is 1. The molecule has 2 amide bonds. The molecule has 0 spiro atoms. The molecular formula is C17H15ClN4O4. The molecular weight excluding hydrogens is 360 g/mol. The van der Waals surface area contributed by atoms with E-state index in [9.17, 15) is 14.4 Å². The zero-order valence-electron chi connectivity index (χ0n) is 14.0. The zero-order chi connectivity index (χ0) is 18.8. The minimum absolute atomic E-state index is 0.0318. The predicted molar refractivity (Wildman–Crippen MR) is 92.8 cm³/mol. The highest BCUT2D eigenvalue weighted by atomic mass is 35.5. The van der Waals surface area contributed by atoms with Crippen LogP contribution in [0.4, 0.5) is 5.82 Å². The van der Waals surface area contributed by atoms with E-state index in [0.717, 1.165) is 4.90 Å². The summed E-state index contributed by atoms with van der Waals surface area (Å²) in [6.45, 7) is 1.54. The Morgan fingerprint density at radius 1 is 1.27 bits per heavy atom. The summed E-state index contributed by atoms with van der Waals surface area (Å²) in [7, 11) is 1.27. The molecule has 3 rings (SSSR count). The molecule has 0 saturated heterocycles. The van der Waals surface area contributed by atoms with Crippen molar-refractivity contribution in [2.24, 2.45) is 0 Å². The molecule has 0 saturated carbocycles. The molecule has 1 atom stereocenters. The maximum atomic E-state index is 12.5. The first-order valence-electron chi connectivity index (χ1n) is 7.73. The van der Waals surface area contributed by atoms with Crippen LogP contribution in [0.25, 0.3) is 0 Å². The van der Waals surface area contributed by atoms with Gasteiger partial charge in [0.25, 0.3) is 11.8 Å². The molecule has 1 unspecified atom stereocenters. The number of nitrogens with zero attached hydrogens (tertiary/aromatic N) is 3. The molecule has 8 nitrogen and oxygen atoms in total. The van der Waals surface area contributed by atoms with Gasteiger partial charge in [0.1, 0.15) is 11.9 Å². The van der Waals surface area contributed by atoms with Gasteiger partial charge in [0.05, 0.1) is 24.8 Å². The van der Waals surface area contributed by atoms with Crippen LogP contribution in [0.1, 0.15) is 33.2 Å². The van der Waals surface area contributed by atoms with Gasteiger partial charge in [-0.3, -0.25) is 14.5 Å². The van der Waals surface area contributed by atoms with E-state index in [0.29, 0.717) is 16.7 Å². The average molecular weight is 375 g/mol. The molecule has 9 heteroatoms. The topological polar surface area (TPSA) is 101 Å². The number of anilines is 1. The first kappa shape index (κ1) is 17.8. The van der Waals surface area contributed by atoms with Gasteiger partial charge in [0.15, 0.2) is 0 Å². The van der Waals surface area contributed by atoms with Crippen LogP contribution in [0.5, 0.6) is 0 Å². The van der Waals surface area contributed by atoms with Gasteiger partial charge in [-0.2, -0.15) is 0 Å². The summed E-state index contributed by atoms with van der Waals surface area (Å²) in [5.74, 6) is -1.04. The first-order valence-corrected chi connectivity index (χ1v) is 8.11. The highest BCUT2D eigenvalue weighted by Crippen LogP contribution is 2.26. The number of benzene rings is 1. The summed E-state index contributed by atoms with van der Waals surface area (Å²) in [6.07, 6.45) is 1.41. The highest BCUT2D eigenvalue weighted by molar-refractivity contribution is 6.28. The number of rotatable bonds is 5. The van der Waals surface area contributed by atoms with Crippen molar-refractivity contribution >= 4 is 35.2 Å². The van der Waals surface area contributed by atoms with Crippen molar-refractivity contribution in [1.29, 1.82) is 0 Å². The minimum Gasteiger partial charge on any atom is -0.467 e. The molecule has 1 aromatic heterocycles. The summed E-state index contributed by atoms with van der Waals surface area (Å²) < 4.78 is 4.67. The van der Waals surface area contributed by atoms with E-state index in [1.165, 1.54) is 13.3 Å². The van der Waals surface area contributed by atoms with E-state index in [-0.39, 0.29) is 17.6 Å². The Morgan fingerprint density at radius 2 is 1.88 bits per heavy atom. The average Bonchev–Trinajstić information content (AvgIpc) is 2.88. The Hall–Kier alpha value is -3.00. The van der Waals surface area contributed by atoms with Crippen LogP contribution in [0.3, 0.4) is 0 Å². The summed E-state index contributed by atoms with van der Waals surface area (Å²) in [5, 5.41) is 2.84. The number of hydrogen-bond acceptors (Lipinski definition) is 7. The lowest BCUT2D eigenvalue weighted by Gasteiger charge is -2.18. The summed E-state index contributed by atoms with van der Waals surface area (Å²) >= 11 is 5.83. The van der Waals surface area contributed by atoms with Gasteiger partial charge < -0.3 is 10.1 Å². The van der Waals surface area contributed by atoms with Crippen molar-refractivity contribution in [2.45, 2.75) is 19.5 Å². The maximum Gasteiger partial charge on any atom is 0.328 e. The lowest BCUT2D eigenvalue weighted by molar-refractivity contribution is -0.141. The summed E-state index contributed by atoms with van der Waals surface area (Å²) in [5.41, 5.74) is 1.15. The van der Waals surface area contributed by atoms with E-state index in [2.05, 4.69) is 20.0 Å². The quantitative estimate of drug-likeness (QED) is 0.484. The van der Waals surface area contributed by atoms with Crippen molar-refractivity contribution in [2.75, 3.05) is 12.4 Å². The standard InChI is InChI=1S/C17H15ClN4O4/c1-9(16(25)26-2)20-13-10(7-19-17(18)21-13)8-22-14(23)11-5-3-4-6-12(11)15(22)24/h3-7,9H,8H2,1-2H3,(H,19,20,21). The number of aromatic nitrogens is 2. The number of amides is 2. The van der Waals surface area contributed by atoms with E-state index in [4.69, 9.17) is 11.6 Å². The van der Waals surface area contributed by atoms with Gasteiger partial charge >= 0.3 is 5.97 Å². The number of hydrogen-bond donors (Lipinski definition) is 1. The summed E-state index contributed by atoms with van der Waals surface area (Å²) in [6, 6.07) is 5.90. The molecule has 0 radical (unpaired) electrons. The normalized spacial score (nSPS) is 14.2. The van der Waals surface area contributed by atoms with Gasteiger partial charge in [-0.15, -0.1) is 0 Å². The fourth-order valence-corrected chi connectivity index (χ4v) is 2.75. The van der Waals surface area contributed by atoms with Crippen LogP contribution in [0, 0.1) is 0 Å². The second-order valence-corrected chi connectivity index (χ2v) is 5.98. The first-order chi connectivity index (χ1) is 12.4. The largest absolute Gasteiger partial charge is 0.467 e. The van der Waals surface area contributed by atoms with Crippen LogP contribution in [0.2, 0.25) is 5.28 Å². The molecule has 0 aliphatic carbocycles. The van der Waals surface area contributed by atoms with Gasteiger partial charge in [-0.05, 0) is 30.7 Å². The molecule has 1 N–H and O–H groups in total. The molecule has 2 aromatic rings. The third-order valence-corrected chi connectivity index (χ3v) is 4.13. The van der Waals surface area contributed by atoms with E-state index in [1.54, 1.807) is 31.2 Å². The molecule has 2 heterocycles. The van der Waals surface area contributed by atoms with Crippen molar-refractivity contribution in [1.82, 2.24) is 14.9 Å². The van der Waals surface area contributed by atoms with Crippen LogP contribution in [0.15, 0.2) is 30.5 Å². The SMILES string of the molecule is COC(=O)C(C)Nc1nc(Cl)ncc1CN1C(=O)c2ccccc2C1=O. The fraction of sp³-hybridized carbons (Fsp3) is 0.235. The maximum absolute atomic E-state index is 12.5. The van der Waals surface area contributed by atoms with Crippen molar-refractivity contribution in [3.05, 3.63) is 52.4 Å². The lowest BCUT2D eigenvalue weighted by atomic mass is 10.1. The van der Waals surface area contributed by atoms with Crippen molar-refractivity contribution in [3.8, 4) is 0 Å². The second kappa shape index (κ2) is 7.09. The Morgan fingerprint density at radius 3 is 2.46 bits per heavy atom. The van der Waals surface area contributed by atoms with Crippen molar-refractivity contribution < 1.29 is 19.1 Å². The smallest absolute Gasteiger partial charge is 0.328 e. The Kier molecular flexibility index (Phi) is 4.85. The van der Waals surface area contributed by atoms with Crippen molar-refractivity contribution in [3.63, 3.8) is 0 Å². The number of methoxy groups -OCH3 is 1. The van der Waals surface area contributed by atoms with Gasteiger partial charge in [-0.25, -0.2) is 14.8 Å². The van der Waals surface area contributed by atoms with E-state index in [1.807, 2.05) is 0 Å². The Bertz CT molecular complexity index is 867. The minimum atomic E-state index is -0.702. The lowest BCUT2D eigenvalue weighted by Crippen LogP contribution is -2.31. The van der Waals surface area contributed by atoms with Gasteiger partial charge in [0.2, 0.25) is 5.28 Å². The molecule has 1 aliphatic heterocycles. The number of carbonyl (C=O) groups excluding carboxylic acids is 3. The molecule has 0 fully saturated rings. The monoisotopic (exact) mass is 374 g/mol. The number of carbonyl (C=O) groups is 3. The number of nitrogens with one attached hydrogen (secondary N) is 1. The fourth-order valence-electron chi connectivity index (χ4n) is 2.62. The molecule has 0 bridgehead atoms. The Balaban J connectivity index is 1.88. The number of imide groups is 1. The molecule has 1 aromatic carbocycles.